The Morgan fingerprint density at radius 1 is 1.03 bits per heavy atom. The molecule has 0 spiro atoms. The van der Waals surface area contributed by atoms with Crippen LogP contribution in [0.1, 0.15) is 33.6 Å². The van der Waals surface area contributed by atoms with E-state index in [0.29, 0.717) is 50.2 Å². The van der Waals surface area contributed by atoms with Gasteiger partial charge < -0.3 is 20.3 Å². The molecule has 2 N–H and O–H groups in total. The maximum absolute atomic E-state index is 13.1. The molecule has 0 bridgehead atoms. The Balaban J connectivity index is 1.65. The van der Waals surface area contributed by atoms with Crippen molar-refractivity contribution in [1.82, 2.24) is 15.5 Å². The topological polar surface area (TPSA) is 87.7 Å². The molecule has 3 amide bonds. The normalized spacial score (nSPS) is 15.1. The Morgan fingerprint density at radius 3 is 2.31 bits per heavy atom. The van der Waals surface area contributed by atoms with E-state index in [1.165, 1.54) is 24.3 Å². The molecule has 7 nitrogen and oxygen atoms in total. The number of amides is 3. The summed E-state index contributed by atoms with van der Waals surface area (Å²) in [7, 11) is 1.55. The highest BCUT2D eigenvalue weighted by Gasteiger charge is 2.34. The highest BCUT2D eigenvalue weighted by Crippen LogP contribution is 2.23. The Kier molecular flexibility index (Phi) is 8.33. The number of hydrogen-bond acceptors (Lipinski definition) is 4. The second kappa shape index (κ2) is 11.4. The van der Waals surface area contributed by atoms with Crippen LogP contribution in [0, 0.1) is 11.7 Å². The Bertz CT molecular complexity index is 913. The number of rotatable bonds is 8. The van der Waals surface area contributed by atoms with E-state index in [9.17, 15) is 18.8 Å². The SMILES string of the molecule is COCCNC(=O)[C@@H](NC(=O)c1ccccc1)C1CCN(C(=O)c2ccc(F)cc2)CC1. The van der Waals surface area contributed by atoms with Crippen LogP contribution in [0.2, 0.25) is 0 Å². The summed E-state index contributed by atoms with van der Waals surface area (Å²) < 4.78 is 18.1. The molecule has 170 valence electrons. The van der Waals surface area contributed by atoms with Gasteiger partial charge in [-0.15, -0.1) is 0 Å². The van der Waals surface area contributed by atoms with Gasteiger partial charge in [0.2, 0.25) is 5.91 Å². The van der Waals surface area contributed by atoms with Gasteiger partial charge in [-0.1, -0.05) is 18.2 Å². The van der Waals surface area contributed by atoms with E-state index < -0.39 is 11.9 Å². The lowest BCUT2D eigenvalue weighted by Crippen LogP contribution is -2.54. The van der Waals surface area contributed by atoms with E-state index in [2.05, 4.69) is 10.6 Å². The minimum atomic E-state index is -0.720. The molecule has 0 saturated carbocycles. The van der Waals surface area contributed by atoms with Gasteiger partial charge in [-0.05, 0) is 55.2 Å². The molecule has 2 aromatic carbocycles. The fraction of sp³-hybridized carbons (Fsp3) is 0.375. The van der Waals surface area contributed by atoms with Crippen LogP contribution in [0.25, 0.3) is 0 Å². The van der Waals surface area contributed by atoms with Crippen molar-refractivity contribution in [3.05, 3.63) is 71.5 Å². The van der Waals surface area contributed by atoms with Gasteiger partial charge in [-0.3, -0.25) is 14.4 Å². The average Bonchev–Trinajstić information content (AvgIpc) is 2.83. The highest BCUT2D eigenvalue weighted by molar-refractivity contribution is 5.97. The first-order valence-corrected chi connectivity index (χ1v) is 10.7. The van der Waals surface area contributed by atoms with Crippen molar-refractivity contribution in [1.29, 1.82) is 0 Å². The third kappa shape index (κ3) is 6.13. The van der Waals surface area contributed by atoms with Crippen molar-refractivity contribution in [3.8, 4) is 0 Å². The monoisotopic (exact) mass is 441 g/mol. The van der Waals surface area contributed by atoms with Gasteiger partial charge in [0.1, 0.15) is 11.9 Å². The van der Waals surface area contributed by atoms with Crippen LogP contribution >= 0.6 is 0 Å². The maximum Gasteiger partial charge on any atom is 0.253 e. The van der Waals surface area contributed by atoms with E-state index in [1.54, 1.807) is 36.3 Å². The predicted octanol–water partition coefficient (Wildman–Crippen LogP) is 2.24. The molecule has 1 fully saturated rings. The highest BCUT2D eigenvalue weighted by atomic mass is 19.1. The smallest absolute Gasteiger partial charge is 0.253 e. The lowest BCUT2D eigenvalue weighted by atomic mass is 9.88. The van der Waals surface area contributed by atoms with Gasteiger partial charge in [0.05, 0.1) is 6.61 Å². The van der Waals surface area contributed by atoms with Crippen molar-refractivity contribution < 1.29 is 23.5 Å². The summed E-state index contributed by atoms with van der Waals surface area (Å²) in [4.78, 5) is 40.0. The minimum absolute atomic E-state index is 0.123. The number of carbonyl (C=O) groups excluding carboxylic acids is 3. The lowest BCUT2D eigenvalue weighted by Gasteiger charge is -2.36. The Labute approximate surface area is 186 Å². The van der Waals surface area contributed by atoms with E-state index in [-0.39, 0.29) is 23.6 Å². The molecule has 0 aliphatic carbocycles. The van der Waals surface area contributed by atoms with Crippen LogP contribution in [-0.2, 0) is 9.53 Å². The van der Waals surface area contributed by atoms with Gasteiger partial charge in [0, 0.05) is 37.9 Å². The third-order valence-electron chi connectivity index (χ3n) is 5.60. The van der Waals surface area contributed by atoms with Gasteiger partial charge in [0.25, 0.3) is 11.8 Å². The van der Waals surface area contributed by atoms with Gasteiger partial charge in [0.15, 0.2) is 0 Å². The summed E-state index contributed by atoms with van der Waals surface area (Å²) in [6.07, 6.45) is 1.12. The largest absolute Gasteiger partial charge is 0.383 e. The van der Waals surface area contributed by atoms with Crippen LogP contribution in [0.4, 0.5) is 4.39 Å². The van der Waals surface area contributed by atoms with Crippen molar-refractivity contribution >= 4 is 17.7 Å². The zero-order valence-corrected chi connectivity index (χ0v) is 18.1. The molecule has 1 atom stereocenters. The van der Waals surface area contributed by atoms with Crippen molar-refractivity contribution in [2.45, 2.75) is 18.9 Å². The molecule has 3 rings (SSSR count). The second-order valence-corrected chi connectivity index (χ2v) is 7.74. The van der Waals surface area contributed by atoms with E-state index in [1.807, 2.05) is 6.07 Å². The summed E-state index contributed by atoms with van der Waals surface area (Å²) >= 11 is 0. The number of halogens is 1. The van der Waals surface area contributed by atoms with Crippen LogP contribution in [0.3, 0.4) is 0 Å². The number of piperidine rings is 1. The van der Waals surface area contributed by atoms with Gasteiger partial charge >= 0.3 is 0 Å². The quantitative estimate of drug-likeness (QED) is 0.615. The summed E-state index contributed by atoms with van der Waals surface area (Å²) in [6.45, 7) is 1.61. The summed E-state index contributed by atoms with van der Waals surface area (Å²) in [5.41, 5.74) is 0.905. The van der Waals surface area contributed by atoms with Crippen LogP contribution in [0.15, 0.2) is 54.6 Å². The number of nitrogens with zero attached hydrogens (tertiary/aromatic N) is 1. The van der Waals surface area contributed by atoms with Crippen molar-refractivity contribution in [2.75, 3.05) is 33.4 Å². The van der Waals surface area contributed by atoms with Crippen molar-refractivity contribution in [3.63, 3.8) is 0 Å². The molecular formula is C24H28FN3O4. The standard InChI is InChI=1S/C24H28FN3O4/c1-32-16-13-26-23(30)21(27-22(29)18-5-3-2-4-6-18)17-11-14-28(15-12-17)24(31)19-7-9-20(25)10-8-19/h2-10,17,21H,11-16H2,1H3,(H,26,30)(H,27,29)/t21-/m0/s1. The fourth-order valence-electron chi connectivity index (χ4n) is 3.81. The van der Waals surface area contributed by atoms with E-state index >= 15 is 0 Å². The number of benzene rings is 2. The Morgan fingerprint density at radius 2 is 1.69 bits per heavy atom. The van der Waals surface area contributed by atoms with Crippen LogP contribution < -0.4 is 10.6 Å². The fourth-order valence-corrected chi connectivity index (χ4v) is 3.81. The first-order chi connectivity index (χ1) is 15.5. The average molecular weight is 442 g/mol. The summed E-state index contributed by atoms with van der Waals surface area (Å²) in [5.74, 6) is -1.27. The van der Waals surface area contributed by atoms with E-state index in [4.69, 9.17) is 4.74 Å². The van der Waals surface area contributed by atoms with Gasteiger partial charge in [-0.2, -0.15) is 0 Å². The molecular weight excluding hydrogens is 413 g/mol. The predicted molar refractivity (Wildman–Crippen MR) is 118 cm³/mol. The molecule has 1 aliphatic heterocycles. The zero-order chi connectivity index (χ0) is 22.9. The zero-order valence-electron chi connectivity index (χ0n) is 18.1. The van der Waals surface area contributed by atoms with Crippen LogP contribution in [0.5, 0.6) is 0 Å². The van der Waals surface area contributed by atoms with Crippen LogP contribution in [-0.4, -0.2) is 62.0 Å². The maximum atomic E-state index is 13.1. The molecule has 1 saturated heterocycles. The molecule has 32 heavy (non-hydrogen) atoms. The number of carbonyl (C=O) groups is 3. The van der Waals surface area contributed by atoms with Crippen molar-refractivity contribution in [2.24, 2.45) is 5.92 Å². The first-order valence-electron chi connectivity index (χ1n) is 10.7. The molecule has 8 heteroatoms. The third-order valence-corrected chi connectivity index (χ3v) is 5.60. The summed E-state index contributed by atoms with van der Waals surface area (Å²) in [6, 6.07) is 13.5. The number of hydrogen-bond donors (Lipinski definition) is 2. The van der Waals surface area contributed by atoms with E-state index in [0.717, 1.165) is 0 Å². The number of ether oxygens (including phenoxy) is 1. The second-order valence-electron chi connectivity index (χ2n) is 7.74. The molecule has 0 unspecified atom stereocenters. The molecule has 0 radical (unpaired) electrons. The molecule has 2 aromatic rings. The Hall–Kier alpha value is -3.26. The number of likely N-dealkylation sites (tertiary alicyclic amines) is 1. The van der Waals surface area contributed by atoms with Gasteiger partial charge in [-0.25, -0.2) is 4.39 Å². The molecule has 0 aromatic heterocycles. The minimum Gasteiger partial charge on any atom is -0.383 e. The first kappa shape index (κ1) is 23.4. The lowest BCUT2D eigenvalue weighted by molar-refractivity contribution is -0.124. The number of methoxy groups -OCH3 is 1. The summed E-state index contributed by atoms with van der Waals surface area (Å²) in [5, 5.41) is 5.68. The molecule has 1 heterocycles. The number of nitrogens with one attached hydrogen (secondary N) is 2. The molecule has 1 aliphatic rings.